The molecule has 0 spiro atoms. The Morgan fingerprint density at radius 1 is 1.30 bits per heavy atom. The topological polar surface area (TPSA) is 30.5 Å². The first kappa shape index (κ1) is 17.1. The van der Waals surface area contributed by atoms with E-state index < -0.39 is 0 Å². The molecule has 0 radical (unpaired) electrons. The Morgan fingerprint density at radius 2 is 2.00 bits per heavy atom. The number of benzene rings is 1. The van der Waals surface area contributed by atoms with Gasteiger partial charge in [-0.1, -0.05) is 30.3 Å². The molecule has 0 aliphatic carbocycles. The van der Waals surface area contributed by atoms with Crippen LogP contribution in [0.15, 0.2) is 42.1 Å². The molecule has 0 amide bonds. The van der Waals surface area contributed by atoms with Crippen LogP contribution < -0.4 is 5.32 Å². The standard InChI is InChI=1S/C14H19NO2.C2H6S/c1-12-7-15-8-14(17-9-12)11-16-10-13-5-3-2-4-6-13;1-3-2/h2-7,14-15H,8-11H2,1H3;1-2H3/t14-;/m0./s1. The van der Waals surface area contributed by atoms with Gasteiger partial charge in [0.15, 0.2) is 0 Å². The number of rotatable bonds is 4. The quantitative estimate of drug-likeness (QED) is 0.925. The van der Waals surface area contributed by atoms with Crippen molar-refractivity contribution in [3.63, 3.8) is 0 Å². The molecule has 1 atom stereocenters. The Hall–Kier alpha value is -0.970. The first-order valence-corrected chi connectivity index (χ1v) is 8.42. The molecule has 3 nitrogen and oxygen atoms in total. The van der Waals surface area contributed by atoms with Crippen molar-refractivity contribution >= 4 is 11.8 Å². The van der Waals surface area contributed by atoms with Crippen molar-refractivity contribution in [3.05, 3.63) is 47.7 Å². The molecule has 0 aromatic heterocycles. The summed E-state index contributed by atoms with van der Waals surface area (Å²) in [5.41, 5.74) is 2.42. The SMILES string of the molecule is CC1=CNC[C@@H](COCc2ccccc2)OC1.CSC. The van der Waals surface area contributed by atoms with E-state index in [1.807, 2.05) is 36.9 Å². The van der Waals surface area contributed by atoms with Crippen LogP contribution in [-0.2, 0) is 16.1 Å². The van der Waals surface area contributed by atoms with E-state index in [2.05, 4.69) is 24.4 Å². The fourth-order valence-electron chi connectivity index (χ4n) is 1.70. The number of nitrogens with one attached hydrogen (secondary N) is 1. The van der Waals surface area contributed by atoms with Crippen molar-refractivity contribution < 1.29 is 9.47 Å². The number of hydrogen-bond donors (Lipinski definition) is 1. The van der Waals surface area contributed by atoms with Gasteiger partial charge in [-0.2, -0.15) is 11.8 Å². The van der Waals surface area contributed by atoms with Gasteiger partial charge in [0.1, 0.15) is 0 Å². The van der Waals surface area contributed by atoms with Gasteiger partial charge in [-0.05, 0) is 36.8 Å². The normalized spacial score (nSPS) is 18.1. The molecule has 1 N–H and O–H groups in total. The van der Waals surface area contributed by atoms with Crippen LogP contribution in [0.25, 0.3) is 0 Å². The van der Waals surface area contributed by atoms with Crippen molar-refractivity contribution in [1.82, 2.24) is 5.32 Å². The largest absolute Gasteiger partial charge is 0.388 e. The lowest BCUT2D eigenvalue weighted by molar-refractivity contribution is -0.00832. The van der Waals surface area contributed by atoms with Crippen molar-refractivity contribution in [3.8, 4) is 0 Å². The highest BCUT2D eigenvalue weighted by Crippen LogP contribution is 2.05. The van der Waals surface area contributed by atoms with Crippen molar-refractivity contribution in [2.24, 2.45) is 0 Å². The summed E-state index contributed by atoms with van der Waals surface area (Å²) in [6.45, 7) is 4.83. The average Bonchev–Trinajstić information content (AvgIpc) is 2.66. The molecular weight excluding hydrogens is 270 g/mol. The van der Waals surface area contributed by atoms with Crippen LogP contribution in [0.2, 0.25) is 0 Å². The lowest BCUT2D eigenvalue weighted by atomic mass is 10.2. The van der Waals surface area contributed by atoms with E-state index in [-0.39, 0.29) is 6.10 Å². The number of hydrogen-bond acceptors (Lipinski definition) is 4. The second-order valence-corrected chi connectivity index (χ2v) is 5.56. The highest BCUT2D eigenvalue weighted by Gasteiger charge is 2.11. The van der Waals surface area contributed by atoms with E-state index in [9.17, 15) is 0 Å². The first-order valence-electron chi connectivity index (χ1n) is 6.78. The van der Waals surface area contributed by atoms with E-state index in [4.69, 9.17) is 9.47 Å². The maximum atomic E-state index is 5.70. The third-order valence-corrected chi connectivity index (χ3v) is 2.66. The van der Waals surface area contributed by atoms with Gasteiger partial charge < -0.3 is 14.8 Å². The molecule has 1 aliphatic heterocycles. The Morgan fingerprint density at radius 3 is 2.70 bits per heavy atom. The van der Waals surface area contributed by atoms with Crippen molar-refractivity contribution in [2.45, 2.75) is 19.6 Å². The van der Waals surface area contributed by atoms with Crippen LogP contribution in [0.1, 0.15) is 12.5 Å². The molecule has 4 heteroatoms. The third kappa shape index (κ3) is 7.58. The molecular formula is C16H25NO2S. The summed E-state index contributed by atoms with van der Waals surface area (Å²) in [4.78, 5) is 0. The maximum absolute atomic E-state index is 5.70. The minimum Gasteiger partial charge on any atom is -0.388 e. The molecule has 1 aliphatic rings. The van der Waals surface area contributed by atoms with Gasteiger partial charge in [0.05, 0.1) is 25.9 Å². The highest BCUT2D eigenvalue weighted by atomic mass is 32.2. The number of ether oxygens (including phenoxy) is 2. The molecule has 0 bridgehead atoms. The van der Waals surface area contributed by atoms with Crippen LogP contribution in [0.4, 0.5) is 0 Å². The second-order valence-electron chi connectivity index (χ2n) is 4.74. The van der Waals surface area contributed by atoms with Gasteiger partial charge in [0.2, 0.25) is 0 Å². The predicted molar refractivity (Wildman–Crippen MR) is 87.0 cm³/mol. The second kappa shape index (κ2) is 10.8. The molecule has 0 fully saturated rings. The Balaban J connectivity index is 0.000000612. The zero-order valence-corrected chi connectivity index (χ0v) is 13.4. The minimum atomic E-state index is 0.132. The summed E-state index contributed by atoms with van der Waals surface area (Å²) in [7, 11) is 0. The summed E-state index contributed by atoms with van der Waals surface area (Å²) < 4.78 is 11.4. The first-order chi connectivity index (χ1) is 9.76. The molecule has 0 saturated carbocycles. The van der Waals surface area contributed by atoms with E-state index in [1.54, 1.807) is 11.8 Å². The van der Waals surface area contributed by atoms with Crippen LogP contribution in [0, 0.1) is 0 Å². The fourth-order valence-corrected chi connectivity index (χ4v) is 1.70. The van der Waals surface area contributed by atoms with Crippen LogP contribution >= 0.6 is 11.8 Å². The Kier molecular flexibility index (Phi) is 9.20. The van der Waals surface area contributed by atoms with Crippen LogP contribution in [0.3, 0.4) is 0 Å². The van der Waals surface area contributed by atoms with Crippen LogP contribution in [-0.4, -0.2) is 38.4 Å². The minimum absolute atomic E-state index is 0.132. The molecule has 1 heterocycles. The van der Waals surface area contributed by atoms with E-state index >= 15 is 0 Å². The molecule has 1 aromatic rings. The van der Waals surface area contributed by atoms with Gasteiger partial charge in [-0.25, -0.2) is 0 Å². The molecule has 0 saturated heterocycles. The van der Waals surface area contributed by atoms with E-state index in [0.717, 1.165) is 6.54 Å². The summed E-state index contributed by atoms with van der Waals surface area (Å²) in [6.07, 6.45) is 6.23. The average molecular weight is 295 g/mol. The zero-order chi connectivity index (χ0) is 14.6. The summed E-state index contributed by atoms with van der Waals surface area (Å²) in [5.74, 6) is 0. The molecule has 2 rings (SSSR count). The summed E-state index contributed by atoms with van der Waals surface area (Å²) in [6, 6.07) is 10.2. The maximum Gasteiger partial charge on any atom is 0.0984 e. The zero-order valence-electron chi connectivity index (χ0n) is 12.6. The van der Waals surface area contributed by atoms with Crippen molar-refractivity contribution in [2.75, 3.05) is 32.3 Å². The van der Waals surface area contributed by atoms with Gasteiger partial charge >= 0.3 is 0 Å². The lowest BCUT2D eigenvalue weighted by Crippen LogP contribution is -2.28. The fraction of sp³-hybridized carbons (Fsp3) is 0.500. The Labute approximate surface area is 126 Å². The Bertz CT molecular complexity index is 381. The molecule has 112 valence electrons. The number of thioether (sulfide) groups is 1. The molecule has 1 aromatic carbocycles. The monoisotopic (exact) mass is 295 g/mol. The summed E-state index contributed by atoms with van der Waals surface area (Å²) >= 11 is 1.75. The smallest absolute Gasteiger partial charge is 0.0984 e. The highest BCUT2D eigenvalue weighted by molar-refractivity contribution is 7.97. The third-order valence-electron chi connectivity index (χ3n) is 2.66. The predicted octanol–water partition coefficient (Wildman–Crippen LogP) is 3.07. The van der Waals surface area contributed by atoms with Crippen LogP contribution in [0.5, 0.6) is 0 Å². The van der Waals surface area contributed by atoms with Gasteiger partial charge in [-0.15, -0.1) is 0 Å². The summed E-state index contributed by atoms with van der Waals surface area (Å²) in [5, 5.41) is 3.23. The molecule has 0 unspecified atom stereocenters. The van der Waals surface area contributed by atoms with Gasteiger partial charge in [0.25, 0.3) is 0 Å². The molecule has 20 heavy (non-hydrogen) atoms. The van der Waals surface area contributed by atoms with E-state index in [1.165, 1.54) is 11.1 Å². The lowest BCUT2D eigenvalue weighted by Gasteiger charge is -2.15. The van der Waals surface area contributed by atoms with E-state index in [0.29, 0.717) is 19.8 Å². The van der Waals surface area contributed by atoms with Gasteiger partial charge in [-0.3, -0.25) is 0 Å². The van der Waals surface area contributed by atoms with Crippen molar-refractivity contribution in [1.29, 1.82) is 0 Å². The van der Waals surface area contributed by atoms with Gasteiger partial charge in [0, 0.05) is 6.54 Å².